The first-order valence-corrected chi connectivity index (χ1v) is 5.94. The first-order valence-electron chi connectivity index (χ1n) is 4.50. The van der Waals surface area contributed by atoms with Gasteiger partial charge < -0.3 is 10.2 Å². The predicted octanol–water partition coefficient (Wildman–Crippen LogP) is 0.660. The number of aromatic nitrogens is 1. The standard InChI is InChI=1S/C9H11N3O3S/c1-12(2)16(13,14)6-3-4-7-8(5-6)15-9(10)11-7/h3-5H,1-2H3,(H2,10,11). The number of anilines is 1. The van der Waals surface area contributed by atoms with Crippen molar-refractivity contribution in [3.05, 3.63) is 18.2 Å². The van der Waals surface area contributed by atoms with Gasteiger partial charge >= 0.3 is 0 Å². The Balaban J connectivity index is 2.63. The fraction of sp³-hybridized carbons (Fsp3) is 0.222. The van der Waals surface area contributed by atoms with Crippen LogP contribution in [0.15, 0.2) is 27.5 Å². The monoisotopic (exact) mass is 241 g/mol. The van der Waals surface area contributed by atoms with E-state index in [-0.39, 0.29) is 10.9 Å². The number of hydrogen-bond acceptors (Lipinski definition) is 5. The van der Waals surface area contributed by atoms with E-state index in [4.69, 9.17) is 10.2 Å². The molecule has 0 unspecified atom stereocenters. The van der Waals surface area contributed by atoms with E-state index in [0.717, 1.165) is 4.31 Å². The first kappa shape index (κ1) is 10.9. The van der Waals surface area contributed by atoms with Gasteiger partial charge in [0.1, 0.15) is 5.52 Å². The van der Waals surface area contributed by atoms with Crippen LogP contribution < -0.4 is 5.73 Å². The second kappa shape index (κ2) is 3.46. The minimum absolute atomic E-state index is 0.0226. The molecule has 0 radical (unpaired) electrons. The number of oxazole rings is 1. The molecule has 0 saturated heterocycles. The second-order valence-corrected chi connectivity index (χ2v) is 5.62. The van der Waals surface area contributed by atoms with Crippen molar-refractivity contribution >= 4 is 27.1 Å². The third-order valence-corrected chi connectivity index (χ3v) is 3.97. The fourth-order valence-corrected chi connectivity index (χ4v) is 2.21. The Kier molecular flexibility index (Phi) is 2.36. The smallest absolute Gasteiger partial charge is 0.292 e. The maximum atomic E-state index is 11.8. The molecule has 1 aromatic carbocycles. The number of nitrogen functional groups attached to an aromatic ring is 1. The van der Waals surface area contributed by atoms with E-state index in [1.807, 2.05) is 0 Å². The zero-order valence-electron chi connectivity index (χ0n) is 8.84. The van der Waals surface area contributed by atoms with E-state index in [1.165, 1.54) is 26.2 Å². The molecular weight excluding hydrogens is 230 g/mol. The number of benzene rings is 1. The summed E-state index contributed by atoms with van der Waals surface area (Å²) < 4.78 is 29.8. The molecule has 0 bridgehead atoms. The molecule has 2 aromatic rings. The summed E-state index contributed by atoms with van der Waals surface area (Å²) in [7, 11) is -0.521. The number of hydrogen-bond donors (Lipinski definition) is 1. The van der Waals surface area contributed by atoms with Crippen LogP contribution in [0.3, 0.4) is 0 Å². The molecule has 86 valence electrons. The topological polar surface area (TPSA) is 89.4 Å². The molecule has 0 fully saturated rings. The normalized spacial score (nSPS) is 12.4. The lowest BCUT2D eigenvalue weighted by Crippen LogP contribution is -2.22. The molecule has 1 aromatic heterocycles. The number of fused-ring (bicyclic) bond motifs is 1. The summed E-state index contributed by atoms with van der Waals surface area (Å²) in [6.07, 6.45) is 0. The lowest BCUT2D eigenvalue weighted by molar-refractivity contribution is 0.520. The van der Waals surface area contributed by atoms with Gasteiger partial charge in [0.2, 0.25) is 10.0 Å². The van der Waals surface area contributed by atoms with Crippen molar-refractivity contribution in [1.82, 2.24) is 9.29 Å². The molecule has 0 aliphatic rings. The van der Waals surface area contributed by atoms with Crippen LogP contribution >= 0.6 is 0 Å². The van der Waals surface area contributed by atoms with E-state index in [2.05, 4.69) is 4.98 Å². The van der Waals surface area contributed by atoms with Gasteiger partial charge in [-0.15, -0.1) is 0 Å². The third-order valence-electron chi connectivity index (χ3n) is 2.16. The summed E-state index contributed by atoms with van der Waals surface area (Å²) in [6.45, 7) is 0. The van der Waals surface area contributed by atoms with Crippen molar-refractivity contribution in [1.29, 1.82) is 0 Å². The highest BCUT2D eigenvalue weighted by Gasteiger charge is 2.18. The van der Waals surface area contributed by atoms with Gasteiger partial charge in [-0.1, -0.05) is 0 Å². The predicted molar refractivity (Wildman–Crippen MR) is 59.3 cm³/mol. The van der Waals surface area contributed by atoms with Crippen molar-refractivity contribution in [3.8, 4) is 0 Å². The minimum Gasteiger partial charge on any atom is -0.424 e. The van der Waals surface area contributed by atoms with E-state index in [0.29, 0.717) is 11.1 Å². The second-order valence-electron chi connectivity index (χ2n) is 3.47. The quantitative estimate of drug-likeness (QED) is 0.834. The van der Waals surface area contributed by atoms with Gasteiger partial charge in [-0.3, -0.25) is 0 Å². The van der Waals surface area contributed by atoms with Gasteiger partial charge in [0.15, 0.2) is 5.58 Å². The van der Waals surface area contributed by atoms with Crippen LogP contribution in [-0.2, 0) is 10.0 Å². The average molecular weight is 241 g/mol. The van der Waals surface area contributed by atoms with Crippen LogP contribution in [0.1, 0.15) is 0 Å². The van der Waals surface area contributed by atoms with Crippen LogP contribution in [-0.4, -0.2) is 31.8 Å². The van der Waals surface area contributed by atoms with Crippen molar-refractivity contribution in [3.63, 3.8) is 0 Å². The summed E-state index contributed by atoms with van der Waals surface area (Å²) >= 11 is 0. The van der Waals surface area contributed by atoms with Crippen molar-refractivity contribution in [2.75, 3.05) is 19.8 Å². The Hall–Kier alpha value is -1.60. The number of nitrogens with zero attached hydrogens (tertiary/aromatic N) is 2. The molecule has 7 heteroatoms. The highest BCUT2D eigenvalue weighted by atomic mass is 32.2. The van der Waals surface area contributed by atoms with Gasteiger partial charge in [0.05, 0.1) is 4.90 Å². The van der Waals surface area contributed by atoms with Gasteiger partial charge in [-0.2, -0.15) is 4.98 Å². The maximum Gasteiger partial charge on any atom is 0.292 e. The zero-order valence-corrected chi connectivity index (χ0v) is 9.65. The Labute approximate surface area is 92.7 Å². The van der Waals surface area contributed by atoms with Crippen LogP contribution in [0.25, 0.3) is 11.1 Å². The largest absolute Gasteiger partial charge is 0.424 e. The zero-order chi connectivity index (χ0) is 11.9. The summed E-state index contributed by atoms with van der Waals surface area (Å²) in [5, 5.41) is 0. The molecule has 2 rings (SSSR count). The van der Waals surface area contributed by atoms with Crippen LogP contribution in [0.5, 0.6) is 0 Å². The van der Waals surface area contributed by atoms with Gasteiger partial charge in [0, 0.05) is 20.2 Å². The average Bonchev–Trinajstić information content (AvgIpc) is 2.56. The van der Waals surface area contributed by atoms with Gasteiger partial charge in [-0.05, 0) is 12.1 Å². The third kappa shape index (κ3) is 1.63. The Bertz CT molecular complexity index is 630. The number of rotatable bonds is 2. The van der Waals surface area contributed by atoms with E-state index >= 15 is 0 Å². The lowest BCUT2D eigenvalue weighted by Gasteiger charge is -2.10. The highest BCUT2D eigenvalue weighted by molar-refractivity contribution is 7.89. The Morgan fingerprint density at radius 2 is 2.06 bits per heavy atom. The van der Waals surface area contributed by atoms with E-state index in [1.54, 1.807) is 6.07 Å². The molecule has 16 heavy (non-hydrogen) atoms. The first-order chi connectivity index (χ1) is 7.41. The summed E-state index contributed by atoms with van der Waals surface area (Å²) in [5.74, 6) is 0. The fourth-order valence-electron chi connectivity index (χ4n) is 1.29. The van der Waals surface area contributed by atoms with Crippen LogP contribution in [0, 0.1) is 0 Å². The highest BCUT2D eigenvalue weighted by Crippen LogP contribution is 2.22. The van der Waals surface area contributed by atoms with Crippen molar-refractivity contribution in [2.24, 2.45) is 0 Å². The Morgan fingerprint density at radius 1 is 1.38 bits per heavy atom. The molecular formula is C9H11N3O3S. The molecule has 0 amide bonds. The van der Waals surface area contributed by atoms with Gasteiger partial charge in [0.25, 0.3) is 6.01 Å². The molecule has 2 N–H and O–H groups in total. The van der Waals surface area contributed by atoms with E-state index < -0.39 is 10.0 Å². The molecule has 0 saturated carbocycles. The minimum atomic E-state index is -3.45. The van der Waals surface area contributed by atoms with Crippen LogP contribution in [0.2, 0.25) is 0 Å². The summed E-state index contributed by atoms with van der Waals surface area (Å²) in [5.41, 5.74) is 6.27. The molecule has 0 aliphatic heterocycles. The molecule has 1 heterocycles. The Morgan fingerprint density at radius 3 is 2.69 bits per heavy atom. The maximum absolute atomic E-state index is 11.8. The molecule has 0 atom stereocenters. The summed E-state index contributed by atoms with van der Waals surface area (Å²) in [6, 6.07) is 4.47. The molecule has 0 spiro atoms. The lowest BCUT2D eigenvalue weighted by atomic mass is 10.3. The molecule has 6 nitrogen and oxygen atoms in total. The number of sulfonamides is 1. The molecule has 0 aliphatic carbocycles. The van der Waals surface area contributed by atoms with Gasteiger partial charge in [-0.25, -0.2) is 12.7 Å². The van der Waals surface area contributed by atoms with Crippen molar-refractivity contribution in [2.45, 2.75) is 4.90 Å². The van der Waals surface area contributed by atoms with Crippen LogP contribution in [0.4, 0.5) is 6.01 Å². The SMILES string of the molecule is CN(C)S(=O)(=O)c1ccc2nc(N)oc2c1. The van der Waals surface area contributed by atoms with E-state index in [9.17, 15) is 8.42 Å². The number of nitrogens with two attached hydrogens (primary N) is 1. The summed E-state index contributed by atoms with van der Waals surface area (Å²) in [4.78, 5) is 4.04. The van der Waals surface area contributed by atoms with Crippen molar-refractivity contribution < 1.29 is 12.8 Å².